The zero-order valence-electron chi connectivity index (χ0n) is 27.5. The average molecular weight is 527 g/mol. The Labute approximate surface area is 238 Å². The van der Waals surface area contributed by atoms with Crippen LogP contribution >= 0.6 is 0 Å². The monoisotopic (exact) mass is 526 g/mol. The van der Waals surface area contributed by atoms with Crippen molar-refractivity contribution in [1.82, 2.24) is 0 Å². The molecule has 0 bridgehead atoms. The quantitative estimate of drug-likeness (QED) is 0.363. The third-order valence-corrected chi connectivity index (χ3v) is 8.19. The Morgan fingerprint density at radius 3 is 0.811 bits per heavy atom. The van der Waals surface area contributed by atoms with E-state index < -0.39 is 0 Å². The second-order valence-corrected chi connectivity index (χ2v) is 16.0. The number of hydrogen-bond acceptors (Lipinski definition) is 2. The predicted molar refractivity (Wildman–Crippen MR) is 169 cm³/mol. The van der Waals surface area contributed by atoms with Crippen molar-refractivity contribution in [1.29, 1.82) is 0 Å². The summed E-state index contributed by atoms with van der Waals surface area (Å²) in [6.07, 6.45) is 0. The summed E-state index contributed by atoms with van der Waals surface area (Å²) in [5, 5.41) is 22.2. The Morgan fingerprint density at radius 1 is 0.541 bits per heavy atom. The van der Waals surface area contributed by atoms with Crippen molar-refractivity contribution in [3.8, 4) is 11.5 Å². The first-order valence-corrected chi connectivity index (χ1v) is 15.4. The minimum atomic E-state index is -0.0178. The number of benzene rings is 2. The van der Waals surface area contributed by atoms with Gasteiger partial charge < -0.3 is 10.2 Å². The van der Waals surface area contributed by atoms with Gasteiger partial charge in [0.15, 0.2) is 0 Å². The van der Waals surface area contributed by atoms with Gasteiger partial charge in [-0.1, -0.05) is 144 Å². The molecule has 0 aromatic heterocycles. The normalized spacial score (nSPS) is 12.5. The molecule has 0 unspecified atom stereocenters. The Bertz CT molecular complexity index is 855. The maximum atomic E-state index is 10.4. The lowest BCUT2D eigenvalue weighted by Gasteiger charge is -2.27. The van der Waals surface area contributed by atoms with E-state index in [1.165, 1.54) is 32.7 Å². The van der Waals surface area contributed by atoms with Crippen LogP contribution in [0.5, 0.6) is 11.5 Å². The molecule has 0 heterocycles. The number of aryl methyl sites for hydroxylation is 2. The number of rotatable bonds is 1. The van der Waals surface area contributed by atoms with Gasteiger partial charge in [-0.2, -0.15) is 0 Å². The zero-order chi connectivity index (χ0) is 29.7. The van der Waals surface area contributed by atoms with E-state index in [2.05, 4.69) is 135 Å². The van der Waals surface area contributed by atoms with Crippen LogP contribution in [0.15, 0.2) is 24.3 Å². The summed E-state index contributed by atoms with van der Waals surface area (Å²) in [6, 6.07) is 8.35. The molecular formula is C34H59AlO2. The van der Waals surface area contributed by atoms with E-state index in [1.54, 1.807) is 0 Å². The predicted octanol–water partition coefficient (Wildman–Crippen LogP) is 9.29. The van der Waals surface area contributed by atoms with E-state index in [1.807, 2.05) is 0 Å². The highest BCUT2D eigenvalue weighted by Gasteiger charge is 2.26. The first kappa shape index (κ1) is 35.6. The number of hydrogen-bond donors (Lipinski definition) is 2. The van der Waals surface area contributed by atoms with Crippen molar-refractivity contribution in [2.24, 2.45) is 5.92 Å². The van der Waals surface area contributed by atoms with Crippen molar-refractivity contribution in [2.45, 2.75) is 138 Å². The summed E-state index contributed by atoms with van der Waals surface area (Å²) in [5.74, 6) is 1.87. The molecule has 2 rings (SSSR count). The highest BCUT2D eigenvalue weighted by molar-refractivity contribution is 6.08. The largest absolute Gasteiger partial charge is 0.507 e. The molecule has 0 saturated carbocycles. The molecule has 0 radical (unpaired) electrons. The van der Waals surface area contributed by atoms with Crippen LogP contribution in [0.25, 0.3) is 0 Å². The van der Waals surface area contributed by atoms with Crippen LogP contribution in [0.3, 0.4) is 0 Å². The van der Waals surface area contributed by atoms with E-state index >= 15 is 0 Å². The van der Waals surface area contributed by atoms with Crippen LogP contribution in [-0.2, 0) is 21.7 Å². The summed E-state index contributed by atoms with van der Waals surface area (Å²) in [6.45, 7) is 34.3. The van der Waals surface area contributed by atoms with Crippen molar-refractivity contribution in [2.75, 3.05) is 0 Å². The summed E-state index contributed by atoms with van der Waals surface area (Å²) in [4.78, 5) is 0. The molecule has 2 aromatic rings. The highest BCUT2D eigenvalue weighted by Crippen LogP contribution is 2.40. The van der Waals surface area contributed by atoms with Crippen molar-refractivity contribution in [3.05, 3.63) is 57.6 Å². The molecule has 0 aliphatic carbocycles. The van der Waals surface area contributed by atoms with Crippen LogP contribution in [0, 0.1) is 19.8 Å². The fraction of sp³-hybridized carbons (Fsp3) is 0.647. The van der Waals surface area contributed by atoms with E-state index in [0.29, 0.717) is 11.5 Å². The fourth-order valence-corrected chi connectivity index (χ4v) is 3.84. The van der Waals surface area contributed by atoms with Gasteiger partial charge in [-0.25, -0.2) is 0 Å². The maximum absolute atomic E-state index is 10.4. The van der Waals surface area contributed by atoms with Crippen molar-refractivity contribution < 1.29 is 10.2 Å². The Kier molecular flexibility index (Phi) is 12.6. The molecule has 0 aliphatic rings. The Morgan fingerprint density at radius 2 is 0.703 bits per heavy atom. The van der Waals surface area contributed by atoms with Gasteiger partial charge in [0, 0.05) is 0 Å². The molecule has 0 aliphatic heterocycles. The van der Waals surface area contributed by atoms with Gasteiger partial charge in [0.1, 0.15) is 11.5 Å². The second kappa shape index (κ2) is 13.1. The van der Waals surface area contributed by atoms with Gasteiger partial charge in [-0.05, 0) is 57.8 Å². The number of aromatic hydroxyl groups is 2. The SMILES string of the molecule is CC(C)[CH2][AlH2].Cc1cc(C(C)(C)C)c(O)c(C(C)(C)C)c1.Cc1cc(C(C)(C)C)c(O)c(C(C)(C)C)c1. The minimum Gasteiger partial charge on any atom is -0.507 e. The van der Waals surface area contributed by atoms with E-state index in [0.717, 1.165) is 28.2 Å². The fourth-order valence-electron chi connectivity index (χ4n) is 3.84. The molecule has 0 atom stereocenters. The maximum Gasteiger partial charge on any atom is 0.212 e. The zero-order valence-corrected chi connectivity index (χ0v) is 29.5. The standard InChI is InChI=1S/2C15H24O.C4H9.Al.2H/c2*1-10-8-11(14(2,3)4)13(16)12(9-10)15(5,6)7;1-4(2)3;;;/h2*8-9,16H,1-7H3;4H,1H2,2-3H3;;;. The molecule has 0 saturated heterocycles. The van der Waals surface area contributed by atoms with Crippen molar-refractivity contribution in [3.63, 3.8) is 0 Å². The molecule has 210 valence electrons. The third-order valence-electron chi connectivity index (χ3n) is 6.56. The Balaban J connectivity index is 0.000000594. The smallest absolute Gasteiger partial charge is 0.212 e. The molecule has 2 nitrogen and oxygen atoms in total. The lowest BCUT2D eigenvalue weighted by atomic mass is 9.78. The van der Waals surface area contributed by atoms with Gasteiger partial charge in [0.05, 0.1) is 0 Å². The minimum absolute atomic E-state index is 0.0178. The van der Waals surface area contributed by atoms with Crippen LogP contribution in [0.2, 0.25) is 5.28 Å². The molecule has 0 fully saturated rings. The van der Waals surface area contributed by atoms with Gasteiger partial charge in [-0.3, -0.25) is 0 Å². The topological polar surface area (TPSA) is 40.5 Å². The van der Waals surface area contributed by atoms with Crippen LogP contribution in [0.4, 0.5) is 0 Å². The van der Waals surface area contributed by atoms with Gasteiger partial charge >= 0.3 is 0 Å². The first-order valence-electron chi connectivity index (χ1n) is 14.0. The highest BCUT2D eigenvalue weighted by atomic mass is 27.0. The molecule has 0 amide bonds. The summed E-state index contributed by atoms with van der Waals surface area (Å²) in [7, 11) is 0. The van der Waals surface area contributed by atoms with Gasteiger partial charge in [0.2, 0.25) is 16.3 Å². The third kappa shape index (κ3) is 11.5. The molecule has 2 N–H and O–H groups in total. The van der Waals surface area contributed by atoms with Crippen LogP contribution in [-0.4, -0.2) is 26.5 Å². The van der Waals surface area contributed by atoms with E-state index in [4.69, 9.17) is 0 Å². The molecular weight excluding hydrogens is 467 g/mol. The van der Waals surface area contributed by atoms with Crippen LogP contribution in [0.1, 0.15) is 130 Å². The lowest BCUT2D eigenvalue weighted by molar-refractivity contribution is 0.422. The summed E-state index contributed by atoms with van der Waals surface area (Å²) < 4.78 is 0. The lowest BCUT2D eigenvalue weighted by Crippen LogP contribution is -2.17. The van der Waals surface area contributed by atoms with E-state index in [-0.39, 0.29) is 21.7 Å². The molecule has 3 heteroatoms. The number of phenols is 2. The summed E-state index contributed by atoms with van der Waals surface area (Å²) in [5.41, 5.74) is 6.52. The van der Waals surface area contributed by atoms with Gasteiger partial charge in [0.25, 0.3) is 0 Å². The second-order valence-electron chi connectivity index (χ2n) is 15.2. The molecule has 37 heavy (non-hydrogen) atoms. The molecule has 2 aromatic carbocycles. The van der Waals surface area contributed by atoms with Crippen LogP contribution < -0.4 is 0 Å². The summed E-state index contributed by atoms with van der Waals surface area (Å²) >= 11 is 1.37. The average Bonchev–Trinajstić information content (AvgIpc) is 2.68. The van der Waals surface area contributed by atoms with E-state index in [9.17, 15) is 10.2 Å². The first-order chi connectivity index (χ1) is 16.3. The Hall–Kier alpha value is -1.43. The number of phenolic OH excluding ortho intramolecular Hbond substituents is 2. The van der Waals surface area contributed by atoms with Gasteiger partial charge in [-0.15, -0.1) is 0 Å². The van der Waals surface area contributed by atoms with Crippen molar-refractivity contribution >= 4 is 16.3 Å². The molecule has 0 spiro atoms.